The maximum atomic E-state index is 12.2. The summed E-state index contributed by atoms with van der Waals surface area (Å²) in [5, 5.41) is 2.97. The van der Waals surface area contributed by atoms with E-state index in [9.17, 15) is 4.79 Å². The first kappa shape index (κ1) is 18.5. The number of amides is 1. The van der Waals surface area contributed by atoms with Gasteiger partial charge < -0.3 is 20.5 Å². The highest BCUT2D eigenvalue weighted by atomic mass is 16.5. The summed E-state index contributed by atoms with van der Waals surface area (Å²) in [5.74, 6) is 1.37. The number of nitrogens with one attached hydrogen (secondary N) is 1. The summed E-state index contributed by atoms with van der Waals surface area (Å²) >= 11 is 0. The average molecular weight is 335 g/mol. The molecule has 24 heavy (non-hydrogen) atoms. The topological polar surface area (TPSA) is 76.8 Å². The minimum Gasteiger partial charge on any atom is -0.493 e. The quantitative estimate of drug-likeness (QED) is 0.821. The number of benzene rings is 1. The van der Waals surface area contributed by atoms with Gasteiger partial charge in [-0.1, -0.05) is 19.9 Å². The number of ether oxygens (including phenoxy) is 2. The normalized spacial score (nSPS) is 20.5. The first-order valence-electron chi connectivity index (χ1n) is 8.31. The molecule has 1 amide bonds. The molecule has 0 spiro atoms. The van der Waals surface area contributed by atoms with Gasteiger partial charge in [0.25, 0.3) is 0 Å². The summed E-state index contributed by atoms with van der Waals surface area (Å²) in [6.45, 7) is 6.91. The Morgan fingerprint density at radius 1 is 1.33 bits per heavy atom. The number of carbonyl (C=O) groups excluding carboxylic acids is 1. The van der Waals surface area contributed by atoms with Crippen LogP contribution < -0.4 is 20.5 Å². The van der Waals surface area contributed by atoms with Gasteiger partial charge >= 0.3 is 0 Å². The number of carbonyl (C=O) groups is 1. The van der Waals surface area contributed by atoms with Crippen molar-refractivity contribution in [3.8, 4) is 11.5 Å². The Morgan fingerprint density at radius 3 is 2.67 bits per heavy atom. The van der Waals surface area contributed by atoms with E-state index >= 15 is 0 Å². The molecule has 0 aromatic heterocycles. The summed E-state index contributed by atoms with van der Waals surface area (Å²) in [7, 11) is 3.20. The van der Waals surface area contributed by atoms with Gasteiger partial charge in [0.2, 0.25) is 5.91 Å². The van der Waals surface area contributed by atoms with Gasteiger partial charge in [0.05, 0.1) is 20.8 Å². The van der Waals surface area contributed by atoms with Gasteiger partial charge in [-0.15, -0.1) is 0 Å². The summed E-state index contributed by atoms with van der Waals surface area (Å²) in [5.41, 5.74) is 7.16. The lowest BCUT2D eigenvalue weighted by Crippen LogP contribution is -2.54. The Morgan fingerprint density at radius 2 is 2.04 bits per heavy atom. The van der Waals surface area contributed by atoms with Crippen molar-refractivity contribution in [3.05, 3.63) is 23.8 Å². The van der Waals surface area contributed by atoms with E-state index in [1.54, 1.807) is 14.2 Å². The van der Waals surface area contributed by atoms with Crippen molar-refractivity contribution in [1.82, 2.24) is 10.2 Å². The molecule has 1 unspecified atom stereocenters. The predicted molar refractivity (Wildman–Crippen MR) is 94.2 cm³/mol. The van der Waals surface area contributed by atoms with Crippen LogP contribution in [-0.4, -0.2) is 50.7 Å². The van der Waals surface area contributed by atoms with E-state index in [1.807, 2.05) is 18.2 Å². The molecule has 1 aromatic carbocycles. The van der Waals surface area contributed by atoms with Gasteiger partial charge in [-0.25, -0.2) is 0 Å². The molecular formula is C18H29N3O3. The SMILES string of the molecule is COc1ccc(CNC(=O)CN2CCC(N)C(C)(C)C2)cc1OC. The molecule has 0 radical (unpaired) electrons. The molecule has 0 saturated carbocycles. The number of likely N-dealkylation sites (tertiary alicyclic amines) is 1. The number of rotatable bonds is 6. The fourth-order valence-corrected chi connectivity index (χ4v) is 3.07. The molecule has 134 valence electrons. The molecule has 1 aromatic rings. The number of methoxy groups -OCH3 is 2. The maximum Gasteiger partial charge on any atom is 0.234 e. The molecule has 6 heteroatoms. The molecule has 2 rings (SSSR count). The molecule has 1 saturated heterocycles. The lowest BCUT2D eigenvalue weighted by atomic mass is 9.80. The van der Waals surface area contributed by atoms with Gasteiger partial charge in [-0.2, -0.15) is 0 Å². The van der Waals surface area contributed by atoms with E-state index in [-0.39, 0.29) is 17.4 Å². The zero-order valence-electron chi connectivity index (χ0n) is 15.1. The first-order chi connectivity index (χ1) is 11.4. The Hall–Kier alpha value is -1.79. The smallest absolute Gasteiger partial charge is 0.234 e. The van der Waals surface area contributed by atoms with Crippen LogP contribution in [-0.2, 0) is 11.3 Å². The number of hydrogen-bond acceptors (Lipinski definition) is 5. The van der Waals surface area contributed by atoms with Gasteiger partial charge in [0, 0.05) is 25.7 Å². The second-order valence-electron chi connectivity index (χ2n) is 7.06. The molecular weight excluding hydrogens is 306 g/mol. The van der Waals surface area contributed by atoms with Crippen LogP contribution >= 0.6 is 0 Å². The first-order valence-corrected chi connectivity index (χ1v) is 8.31. The maximum absolute atomic E-state index is 12.2. The largest absolute Gasteiger partial charge is 0.493 e. The Kier molecular flexibility index (Phi) is 6.07. The van der Waals surface area contributed by atoms with Crippen molar-refractivity contribution in [2.45, 2.75) is 32.9 Å². The Labute approximate surface area is 144 Å². The van der Waals surface area contributed by atoms with Crippen molar-refractivity contribution < 1.29 is 14.3 Å². The van der Waals surface area contributed by atoms with Crippen molar-refractivity contribution in [2.75, 3.05) is 33.9 Å². The standard InChI is InChI=1S/C18H29N3O3/c1-18(2)12-21(8-7-16(18)19)11-17(22)20-10-13-5-6-14(23-3)15(9-13)24-4/h5-6,9,16H,7-8,10-12,19H2,1-4H3,(H,20,22). The van der Waals surface area contributed by atoms with Crippen LogP contribution in [0.2, 0.25) is 0 Å². The van der Waals surface area contributed by atoms with Gasteiger partial charge in [0.1, 0.15) is 0 Å². The Balaban J connectivity index is 1.85. The molecule has 6 nitrogen and oxygen atoms in total. The second-order valence-corrected chi connectivity index (χ2v) is 7.06. The van der Waals surface area contributed by atoms with Crippen LogP contribution in [0.15, 0.2) is 18.2 Å². The lowest BCUT2D eigenvalue weighted by Gasteiger charge is -2.42. The summed E-state index contributed by atoms with van der Waals surface area (Å²) in [6, 6.07) is 5.84. The van der Waals surface area contributed by atoms with E-state index < -0.39 is 0 Å². The van der Waals surface area contributed by atoms with Crippen LogP contribution in [0.3, 0.4) is 0 Å². The molecule has 1 aliphatic heterocycles. The van der Waals surface area contributed by atoms with Crippen LogP contribution in [0.5, 0.6) is 11.5 Å². The number of nitrogens with two attached hydrogens (primary N) is 1. The zero-order valence-corrected chi connectivity index (χ0v) is 15.1. The molecule has 1 aliphatic rings. The molecule has 1 atom stereocenters. The van der Waals surface area contributed by atoms with Crippen LogP contribution in [0, 0.1) is 5.41 Å². The molecule has 0 bridgehead atoms. The minimum atomic E-state index is 0.0241. The second kappa shape index (κ2) is 7.85. The molecule has 0 aliphatic carbocycles. The zero-order chi connectivity index (χ0) is 17.7. The summed E-state index contributed by atoms with van der Waals surface area (Å²) < 4.78 is 10.5. The van der Waals surface area contributed by atoms with Gasteiger partial charge in [0.15, 0.2) is 11.5 Å². The molecule has 1 heterocycles. The van der Waals surface area contributed by atoms with E-state index in [4.69, 9.17) is 15.2 Å². The average Bonchev–Trinajstić information content (AvgIpc) is 2.55. The van der Waals surface area contributed by atoms with Crippen molar-refractivity contribution in [3.63, 3.8) is 0 Å². The third-order valence-corrected chi connectivity index (χ3v) is 4.70. The van der Waals surface area contributed by atoms with E-state index in [1.165, 1.54) is 0 Å². The fraction of sp³-hybridized carbons (Fsp3) is 0.611. The summed E-state index contributed by atoms with van der Waals surface area (Å²) in [6.07, 6.45) is 0.927. The van der Waals surface area contributed by atoms with Crippen LogP contribution in [0.1, 0.15) is 25.8 Å². The van der Waals surface area contributed by atoms with Crippen LogP contribution in [0.4, 0.5) is 0 Å². The van der Waals surface area contributed by atoms with Gasteiger partial charge in [-0.05, 0) is 29.5 Å². The highest BCUT2D eigenvalue weighted by Gasteiger charge is 2.33. The van der Waals surface area contributed by atoms with E-state index in [0.717, 1.165) is 25.1 Å². The number of nitrogens with zero attached hydrogens (tertiary/aromatic N) is 1. The number of piperidine rings is 1. The third-order valence-electron chi connectivity index (χ3n) is 4.70. The van der Waals surface area contributed by atoms with E-state index in [0.29, 0.717) is 24.6 Å². The highest BCUT2D eigenvalue weighted by molar-refractivity contribution is 5.78. The van der Waals surface area contributed by atoms with Crippen molar-refractivity contribution in [1.29, 1.82) is 0 Å². The van der Waals surface area contributed by atoms with Crippen molar-refractivity contribution in [2.24, 2.45) is 11.1 Å². The third kappa shape index (κ3) is 4.61. The van der Waals surface area contributed by atoms with Gasteiger partial charge in [-0.3, -0.25) is 9.69 Å². The Bertz CT molecular complexity index is 575. The predicted octanol–water partition coefficient (Wildman–Crippen LogP) is 1.38. The number of hydrogen-bond donors (Lipinski definition) is 2. The van der Waals surface area contributed by atoms with E-state index in [2.05, 4.69) is 24.1 Å². The minimum absolute atomic E-state index is 0.0241. The van der Waals surface area contributed by atoms with Crippen LogP contribution in [0.25, 0.3) is 0 Å². The molecule has 3 N–H and O–H groups in total. The fourth-order valence-electron chi connectivity index (χ4n) is 3.07. The van der Waals surface area contributed by atoms with Crippen molar-refractivity contribution >= 4 is 5.91 Å². The monoisotopic (exact) mass is 335 g/mol. The highest BCUT2D eigenvalue weighted by Crippen LogP contribution is 2.28. The lowest BCUT2D eigenvalue weighted by molar-refractivity contribution is -0.123. The molecule has 1 fully saturated rings. The summed E-state index contributed by atoms with van der Waals surface area (Å²) in [4.78, 5) is 14.4.